The van der Waals surface area contributed by atoms with Crippen LogP contribution in [-0.2, 0) is 6.04 Å². The van der Waals surface area contributed by atoms with Gasteiger partial charge in [-0.05, 0) is 43.9 Å². The zero-order valence-corrected chi connectivity index (χ0v) is 13.4. The molecule has 0 aliphatic carbocycles. The molecule has 4 aromatic carbocycles. The summed E-state index contributed by atoms with van der Waals surface area (Å²) in [5.74, 6) is 0. The average Bonchev–Trinajstić information content (AvgIpc) is 2.46. The molecule has 0 saturated heterocycles. The molecule has 4 rings (SSSR count). The predicted octanol–water partition coefficient (Wildman–Crippen LogP) is 5.36. The van der Waals surface area contributed by atoms with Crippen molar-refractivity contribution in [3.63, 3.8) is 0 Å². The van der Waals surface area contributed by atoms with Crippen LogP contribution in [0.2, 0.25) is 0 Å². The topological polar surface area (TPSA) is 0 Å². The van der Waals surface area contributed by atoms with Crippen molar-refractivity contribution in [1.82, 2.24) is 0 Å². The van der Waals surface area contributed by atoms with Crippen molar-refractivity contribution in [2.45, 2.75) is 6.04 Å². The van der Waals surface area contributed by atoms with E-state index in [9.17, 15) is 0 Å². The highest BCUT2D eigenvalue weighted by Crippen LogP contribution is 2.36. The predicted molar refractivity (Wildman–Crippen MR) is 92.7 cm³/mol. The minimum atomic E-state index is -1.65. The minimum Gasteiger partial charge on any atom is -0.150 e. The Bertz CT molecular complexity index is 899. The molecular weight excluding hydrogens is 303 g/mol. The number of hydrogen-bond acceptors (Lipinski definition) is 0. The lowest BCUT2D eigenvalue weighted by Crippen LogP contribution is -2.00. The van der Waals surface area contributed by atoms with E-state index in [0.717, 1.165) is 6.04 Å². The molecule has 0 heterocycles. The lowest BCUT2D eigenvalue weighted by Gasteiger charge is -2.13. The fourth-order valence-electron chi connectivity index (χ4n) is 3.14. The largest absolute Gasteiger partial charge is 0.241 e. The maximum Gasteiger partial charge on any atom is 0.241 e. The number of rotatable bonds is 2. The third-order valence-electron chi connectivity index (χ3n) is 3.99. The molecule has 0 nitrogen and oxygen atoms in total. The van der Waals surface area contributed by atoms with E-state index in [1.165, 1.54) is 37.9 Å². The molecule has 0 saturated carbocycles. The Labute approximate surface area is 128 Å². The quantitative estimate of drug-likeness (QED) is 0.265. The van der Waals surface area contributed by atoms with Gasteiger partial charge in [0.25, 0.3) is 0 Å². The second kappa shape index (κ2) is 4.63. The van der Waals surface area contributed by atoms with Gasteiger partial charge in [-0.3, -0.25) is 0 Å². The van der Waals surface area contributed by atoms with Gasteiger partial charge in [-0.15, -0.1) is 22.2 Å². The second-order valence-electron chi connectivity index (χ2n) is 5.18. The smallest absolute Gasteiger partial charge is 0.150 e. The molecule has 98 valence electrons. The first kappa shape index (κ1) is 12.5. The van der Waals surface area contributed by atoms with Gasteiger partial charge in [0.1, 0.15) is 0 Å². The molecule has 0 aliphatic heterocycles. The summed E-state index contributed by atoms with van der Waals surface area (Å²) in [7, 11) is -1.65. The Morgan fingerprint density at radius 3 is 2.00 bits per heavy atom. The zero-order valence-electron chi connectivity index (χ0n) is 10.7. The highest BCUT2D eigenvalue weighted by Gasteiger charge is 2.12. The van der Waals surface area contributed by atoms with Gasteiger partial charge in [0.15, 0.2) is 0 Å². The maximum absolute atomic E-state index is 6.11. The molecule has 0 aliphatic rings. The van der Waals surface area contributed by atoms with Crippen LogP contribution in [0.5, 0.6) is 0 Å². The molecule has 0 amide bonds. The van der Waals surface area contributed by atoms with Crippen molar-refractivity contribution in [3.8, 4) is 0 Å². The fraction of sp³-hybridized carbons (Fsp3) is 0.0588. The average molecular weight is 315 g/mol. The normalized spacial score (nSPS) is 12.2. The van der Waals surface area contributed by atoms with Gasteiger partial charge in [0.2, 0.25) is 7.42 Å². The van der Waals surface area contributed by atoms with Gasteiger partial charge in [-0.2, -0.15) is 0 Å². The summed E-state index contributed by atoms with van der Waals surface area (Å²) in [5, 5.41) is 7.88. The van der Waals surface area contributed by atoms with E-state index in [4.69, 9.17) is 22.2 Å². The lowest BCUT2D eigenvalue weighted by atomic mass is 9.92. The molecule has 0 spiro atoms. The summed E-state index contributed by atoms with van der Waals surface area (Å²) in [5.41, 5.74) is 1.28. The third-order valence-corrected chi connectivity index (χ3v) is 5.67. The number of halogens is 2. The Kier molecular flexibility index (Phi) is 2.88. The summed E-state index contributed by atoms with van der Waals surface area (Å²) in [6.07, 6.45) is 0. The van der Waals surface area contributed by atoms with E-state index < -0.39 is 7.42 Å². The summed E-state index contributed by atoms with van der Waals surface area (Å²) in [6, 6.07) is 20.5. The van der Waals surface area contributed by atoms with E-state index >= 15 is 0 Å². The maximum atomic E-state index is 6.11. The molecule has 0 aromatic heterocycles. The molecule has 0 unspecified atom stereocenters. The highest BCUT2D eigenvalue weighted by molar-refractivity contribution is 7.33. The van der Waals surface area contributed by atoms with Crippen LogP contribution < -0.4 is 0 Å². The zero-order chi connectivity index (χ0) is 13.7. The third kappa shape index (κ3) is 1.81. The molecule has 3 heteroatoms. The Balaban J connectivity index is 2.20. The SMILES string of the molecule is Cl[SiH](Cl)Cc1ccc2ccc3cccc4ccc1c2c34. The standard InChI is InChI=1S/C17H12Cl2Si/c18-20(19)10-14-7-6-13-5-4-11-2-1-3-12-8-9-15(14)17(13)16(11)12/h1-9,20H,10H2. The molecule has 0 bridgehead atoms. The first-order chi connectivity index (χ1) is 9.74. The first-order valence-electron chi connectivity index (χ1n) is 6.67. The van der Waals surface area contributed by atoms with Crippen molar-refractivity contribution in [2.75, 3.05) is 0 Å². The molecule has 0 fully saturated rings. The van der Waals surface area contributed by atoms with Gasteiger partial charge >= 0.3 is 0 Å². The van der Waals surface area contributed by atoms with Crippen molar-refractivity contribution in [3.05, 3.63) is 60.2 Å². The summed E-state index contributed by atoms with van der Waals surface area (Å²) < 4.78 is 0. The van der Waals surface area contributed by atoms with Crippen LogP contribution in [0.1, 0.15) is 5.56 Å². The van der Waals surface area contributed by atoms with Crippen LogP contribution >= 0.6 is 22.2 Å². The molecule has 0 N–H and O–H groups in total. The van der Waals surface area contributed by atoms with Crippen molar-refractivity contribution < 1.29 is 0 Å². The first-order valence-corrected chi connectivity index (χ1v) is 11.0. The highest BCUT2D eigenvalue weighted by atomic mass is 35.7. The number of benzene rings is 4. The monoisotopic (exact) mass is 314 g/mol. The van der Waals surface area contributed by atoms with Crippen molar-refractivity contribution in [1.29, 1.82) is 0 Å². The van der Waals surface area contributed by atoms with Crippen LogP contribution in [0.25, 0.3) is 32.3 Å². The molecule has 0 atom stereocenters. The van der Waals surface area contributed by atoms with E-state index in [0.29, 0.717) is 0 Å². The minimum absolute atomic E-state index is 0.817. The van der Waals surface area contributed by atoms with Crippen molar-refractivity contribution >= 4 is 61.9 Å². The molecule has 0 radical (unpaired) electrons. The van der Waals surface area contributed by atoms with Gasteiger partial charge in [-0.25, -0.2) is 0 Å². The van der Waals surface area contributed by atoms with Crippen LogP contribution in [0, 0.1) is 0 Å². The van der Waals surface area contributed by atoms with Gasteiger partial charge < -0.3 is 0 Å². The van der Waals surface area contributed by atoms with Crippen LogP contribution in [-0.4, -0.2) is 7.42 Å². The second-order valence-corrected chi connectivity index (χ2v) is 10.2. The van der Waals surface area contributed by atoms with E-state index in [-0.39, 0.29) is 0 Å². The Morgan fingerprint density at radius 1 is 0.700 bits per heavy atom. The Morgan fingerprint density at radius 2 is 1.30 bits per heavy atom. The van der Waals surface area contributed by atoms with Crippen LogP contribution in [0.3, 0.4) is 0 Å². The fourth-order valence-corrected chi connectivity index (χ4v) is 4.83. The van der Waals surface area contributed by atoms with E-state index in [2.05, 4.69) is 54.6 Å². The lowest BCUT2D eigenvalue weighted by molar-refractivity contribution is 1.45. The van der Waals surface area contributed by atoms with Crippen molar-refractivity contribution in [2.24, 2.45) is 0 Å². The van der Waals surface area contributed by atoms with Gasteiger partial charge in [0, 0.05) is 0 Å². The van der Waals surface area contributed by atoms with Gasteiger partial charge in [0.05, 0.1) is 0 Å². The molecule has 20 heavy (non-hydrogen) atoms. The van der Waals surface area contributed by atoms with E-state index in [1.54, 1.807) is 0 Å². The molecular formula is C17H12Cl2Si. The summed E-state index contributed by atoms with van der Waals surface area (Å²) >= 11 is 12.2. The van der Waals surface area contributed by atoms with Crippen LogP contribution in [0.4, 0.5) is 0 Å². The Hall–Kier alpha value is -1.28. The van der Waals surface area contributed by atoms with Crippen LogP contribution in [0.15, 0.2) is 54.6 Å². The van der Waals surface area contributed by atoms with E-state index in [1.807, 2.05) is 0 Å². The summed E-state index contributed by atoms with van der Waals surface area (Å²) in [4.78, 5) is 0. The molecule has 4 aromatic rings. The summed E-state index contributed by atoms with van der Waals surface area (Å²) in [6.45, 7) is 0. The van der Waals surface area contributed by atoms with Gasteiger partial charge in [-0.1, -0.05) is 54.6 Å². The number of hydrogen-bond donors (Lipinski definition) is 0.